The molecule has 0 spiro atoms. The fourth-order valence-corrected chi connectivity index (χ4v) is 1.81. The van der Waals surface area contributed by atoms with Crippen molar-refractivity contribution in [3.8, 4) is 0 Å². The van der Waals surface area contributed by atoms with Crippen LogP contribution in [0.2, 0.25) is 0 Å². The van der Waals surface area contributed by atoms with E-state index >= 15 is 0 Å². The van der Waals surface area contributed by atoms with Crippen molar-refractivity contribution >= 4 is 5.97 Å². The van der Waals surface area contributed by atoms with Gasteiger partial charge in [-0.2, -0.15) is 0 Å². The number of hydrogen-bond acceptors (Lipinski definition) is 4. The summed E-state index contributed by atoms with van der Waals surface area (Å²) < 4.78 is 10.4. The van der Waals surface area contributed by atoms with Crippen LogP contribution in [0.1, 0.15) is 18.4 Å². The molecule has 1 aromatic carbocycles. The Hall–Kier alpha value is -1.39. The molecular formula is C13H17NO3. The Morgan fingerprint density at radius 3 is 2.59 bits per heavy atom. The summed E-state index contributed by atoms with van der Waals surface area (Å²) in [5.41, 5.74) is 6.11. The predicted molar refractivity (Wildman–Crippen MR) is 63.2 cm³/mol. The number of hydrogen-bond donors (Lipinski definition) is 1. The summed E-state index contributed by atoms with van der Waals surface area (Å²) in [5.74, 6) is -0.329. The largest absolute Gasteiger partial charge is 0.459 e. The van der Waals surface area contributed by atoms with Crippen LogP contribution in [-0.4, -0.2) is 24.7 Å². The molecular weight excluding hydrogens is 218 g/mol. The first-order chi connectivity index (χ1) is 8.21. The predicted octanol–water partition coefficient (Wildman–Crippen LogP) is 1.24. The van der Waals surface area contributed by atoms with Crippen LogP contribution in [0.15, 0.2) is 30.3 Å². The van der Waals surface area contributed by atoms with Gasteiger partial charge in [0.25, 0.3) is 0 Å². The summed E-state index contributed by atoms with van der Waals surface area (Å²) in [6.07, 6.45) is 1.06. The number of nitrogens with two attached hydrogens (primary N) is 1. The molecule has 17 heavy (non-hydrogen) atoms. The van der Waals surface area contributed by atoms with Gasteiger partial charge in [0.15, 0.2) is 0 Å². The Morgan fingerprint density at radius 2 is 1.94 bits per heavy atom. The van der Waals surface area contributed by atoms with Crippen molar-refractivity contribution in [2.24, 2.45) is 5.73 Å². The maximum atomic E-state index is 11.9. The van der Waals surface area contributed by atoms with Gasteiger partial charge in [-0.15, -0.1) is 0 Å². The second-order valence-electron chi connectivity index (χ2n) is 4.33. The van der Waals surface area contributed by atoms with Crippen LogP contribution < -0.4 is 5.73 Å². The SMILES string of the molecule is NC1(C(=O)OCc2ccccc2)CCOCC1. The Labute approximate surface area is 101 Å². The Morgan fingerprint density at radius 1 is 1.29 bits per heavy atom. The van der Waals surface area contributed by atoms with Gasteiger partial charge in [0.1, 0.15) is 12.1 Å². The molecule has 1 saturated heterocycles. The van der Waals surface area contributed by atoms with Gasteiger partial charge in [-0.25, -0.2) is 0 Å². The van der Waals surface area contributed by atoms with E-state index in [2.05, 4.69) is 0 Å². The van der Waals surface area contributed by atoms with Crippen molar-refractivity contribution in [2.45, 2.75) is 25.0 Å². The van der Waals surface area contributed by atoms with Gasteiger partial charge < -0.3 is 15.2 Å². The van der Waals surface area contributed by atoms with E-state index in [0.29, 0.717) is 26.1 Å². The standard InChI is InChI=1S/C13H17NO3/c14-13(6-8-16-9-7-13)12(15)17-10-11-4-2-1-3-5-11/h1-5H,6-10,14H2. The first-order valence-electron chi connectivity index (χ1n) is 5.78. The average molecular weight is 235 g/mol. The smallest absolute Gasteiger partial charge is 0.326 e. The third-order valence-electron chi connectivity index (χ3n) is 3.00. The highest BCUT2D eigenvalue weighted by molar-refractivity contribution is 5.80. The van der Waals surface area contributed by atoms with E-state index in [-0.39, 0.29) is 12.6 Å². The van der Waals surface area contributed by atoms with Crippen molar-refractivity contribution in [3.63, 3.8) is 0 Å². The zero-order chi connectivity index (χ0) is 12.1. The fraction of sp³-hybridized carbons (Fsp3) is 0.462. The third-order valence-corrected chi connectivity index (χ3v) is 3.00. The molecule has 4 heteroatoms. The number of rotatable bonds is 3. The van der Waals surface area contributed by atoms with E-state index in [0.717, 1.165) is 5.56 Å². The normalized spacial score (nSPS) is 18.6. The van der Waals surface area contributed by atoms with Gasteiger partial charge in [-0.05, 0) is 18.4 Å². The molecule has 1 heterocycles. The van der Waals surface area contributed by atoms with E-state index < -0.39 is 5.54 Å². The summed E-state index contributed by atoms with van der Waals surface area (Å²) in [6.45, 7) is 1.33. The zero-order valence-corrected chi connectivity index (χ0v) is 9.72. The molecule has 0 unspecified atom stereocenters. The average Bonchev–Trinajstić information content (AvgIpc) is 2.38. The van der Waals surface area contributed by atoms with Crippen molar-refractivity contribution in [1.82, 2.24) is 0 Å². The first kappa shape index (κ1) is 12.1. The van der Waals surface area contributed by atoms with Crippen molar-refractivity contribution < 1.29 is 14.3 Å². The number of esters is 1. The third kappa shape index (κ3) is 3.05. The molecule has 0 amide bonds. The van der Waals surface area contributed by atoms with Gasteiger partial charge >= 0.3 is 5.97 Å². The Bertz CT molecular complexity index is 372. The van der Waals surface area contributed by atoms with Crippen LogP contribution in [-0.2, 0) is 20.9 Å². The lowest BCUT2D eigenvalue weighted by Gasteiger charge is -2.30. The number of benzene rings is 1. The van der Waals surface area contributed by atoms with Crippen molar-refractivity contribution in [1.29, 1.82) is 0 Å². The Kier molecular flexibility index (Phi) is 3.76. The van der Waals surface area contributed by atoms with Crippen LogP contribution in [0.4, 0.5) is 0 Å². The molecule has 2 N–H and O–H groups in total. The number of carbonyl (C=O) groups is 1. The van der Waals surface area contributed by atoms with Crippen molar-refractivity contribution in [2.75, 3.05) is 13.2 Å². The molecule has 4 nitrogen and oxygen atoms in total. The maximum absolute atomic E-state index is 11.9. The van der Waals surface area contributed by atoms with E-state index in [1.165, 1.54) is 0 Å². The molecule has 92 valence electrons. The molecule has 1 aliphatic heterocycles. The molecule has 2 rings (SSSR count). The molecule has 0 bridgehead atoms. The summed E-state index contributed by atoms with van der Waals surface area (Å²) in [4.78, 5) is 11.9. The van der Waals surface area contributed by atoms with E-state index in [1.807, 2.05) is 30.3 Å². The van der Waals surface area contributed by atoms with E-state index in [9.17, 15) is 4.79 Å². The number of ether oxygens (including phenoxy) is 2. The van der Waals surface area contributed by atoms with Gasteiger partial charge in [0.05, 0.1) is 0 Å². The van der Waals surface area contributed by atoms with Gasteiger partial charge in [-0.1, -0.05) is 30.3 Å². The minimum Gasteiger partial charge on any atom is -0.459 e. The maximum Gasteiger partial charge on any atom is 0.326 e. The molecule has 0 aromatic heterocycles. The minimum absolute atomic E-state index is 0.277. The van der Waals surface area contributed by atoms with Gasteiger partial charge in [-0.3, -0.25) is 4.79 Å². The summed E-state index contributed by atoms with van der Waals surface area (Å²) >= 11 is 0. The van der Waals surface area contributed by atoms with Crippen LogP contribution in [0.5, 0.6) is 0 Å². The van der Waals surface area contributed by atoms with E-state index in [4.69, 9.17) is 15.2 Å². The van der Waals surface area contributed by atoms with Crippen LogP contribution in [0, 0.1) is 0 Å². The quantitative estimate of drug-likeness (QED) is 0.801. The lowest BCUT2D eigenvalue weighted by molar-refractivity contribution is -0.155. The minimum atomic E-state index is -0.868. The lowest BCUT2D eigenvalue weighted by atomic mass is 9.92. The van der Waals surface area contributed by atoms with E-state index in [1.54, 1.807) is 0 Å². The molecule has 0 saturated carbocycles. The highest BCUT2D eigenvalue weighted by atomic mass is 16.5. The Balaban J connectivity index is 1.88. The summed E-state index contributed by atoms with van der Waals surface area (Å²) in [7, 11) is 0. The molecule has 1 aliphatic rings. The highest BCUT2D eigenvalue weighted by Crippen LogP contribution is 2.19. The topological polar surface area (TPSA) is 61.6 Å². The lowest BCUT2D eigenvalue weighted by Crippen LogP contribution is -2.52. The molecule has 0 atom stereocenters. The fourth-order valence-electron chi connectivity index (χ4n) is 1.81. The first-order valence-corrected chi connectivity index (χ1v) is 5.78. The molecule has 1 aromatic rings. The second-order valence-corrected chi connectivity index (χ2v) is 4.33. The van der Waals surface area contributed by atoms with Gasteiger partial charge in [0.2, 0.25) is 0 Å². The zero-order valence-electron chi connectivity index (χ0n) is 9.72. The molecule has 0 radical (unpaired) electrons. The van der Waals surface area contributed by atoms with Crippen LogP contribution >= 0.6 is 0 Å². The monoisotopic (exact) mass is 235 g/mol. The van der Waals surface area contributed by atoms with Crippen LogP contribution in [0.3, 0.4) is 0 Å². The summed E-state index contributed by atoms with van der Waals surface area (Å²) in [6, 6.07) is 9.58. The highest BCUT2D eigenvalue weighted by Gasteiger charge is 2.37. The van der Waals surface area contributed by atoms with Crippen LogP contribution in [0.25, 0.3) is 0 Å². The van der Waals surface area contributed by atoms with Gasteiger partial charge in [0, 0.05) is 13.2 Å². The van der Waals surface area contributed by atoms with Crippen molar-refractivity contribution in [3.05, 3.63) is 35.9 Å². The second kappa shape index (κ2) is 5.29. The molecule has 0 aliphatic carbocycles. The number of carbonyl (C=O) groups excluding carboxylic acids is 1. The summed E-state index contributed by atoms with van der Waals surface area (Å²) in [5, 5.41) is 0. The molecule has 1 fully saturated rings.